The Hall–Kier alpha value is -3.54. The highest BCUT2D eigenvalue weighted by Gasteiger charge is 2.14. The van der Waals surface area contributed by atoms with Crippen LogP contribution < -0.4 is 10.1 Å². The number of benzene rings is 2. The molecule has 1 amide bonds. The predicted octanol–water partition coefficient (Wildman–Crippen LogP) is 3.96. The Labute approximate surface area is 155 Å². The van der Waals surface area contributed by atoms with Gasteiger partial charge < -0.3 is 19.0 Å². The molecule has 136 valence electrons. The van der Waals surface area contributed by atoms with Crippen LogP contribution in [0, 0.1) is 0 Å². The summed E-state index contributed by atoms with van der Waals surface area (Å²) in [5, 5.41) is 7.83. The minimum absolute atomic E-state index is 0.129. The van der Waals surface area contributed by atoms with Gasteiger partial charge in [-0.25, -0.2) is 0 Å². The molecule has 0 spiro atoms. The van der Waals surface area contributed by atoms with Gasteiger partial charge in [0.2, 0.25) is 11.7 Å². The van der Waals surface area contributed by atoms with Gasteiger partial charge in [0.25, 0.3) is 0 Å². The van der Waals surface area contributed by atoms with Crippen molar-refractivity contribution in [2.24, 2.45) is 0 Å². The Morgan fingerprint density at radius 2 is 1.89 bits per heavy atom. The third-order valence-corrected chi connectivity index (χ3v) is 4.22. The fourth-order valence-electron chi connectivity index (χ4n) is 2.79. The Balaban J connectivity index is 1.37. The zero-order chi connectivity index (χ0) is 18.6. The van der Waals surface area contributed by atoms with Crippen LogP contribution >= 0.6 is 0 Å². The first-order valence-corrected chi connectivity index (χ1v) is 8.55. The SMILES string of the molecule is COc1ccc(CNC(=O)Cc2cc(-c3cc4ccccc4o3)on2)cc1. The molecule has 0 radical (unpaired) electrons. The topological polar surface area (TPSA) is 77.5 Å². The number of amides is 1. The highest BCUT2D eigenvalue weighted by atomic mass is 16.5. The van der Waals surface area contributed by atoms with E-state index < -0.39 is 0 Å². The number of carbonyl (C=O) groups is 1. The molecule has 6 nitrogen and oxygen atoms in total. The number of hydrogen-bond donors (Lipinski definition) is 1. The van der Waals surface area contributed by atoms with Crippen molar-refractivity contribution in [2.75, 3.05) is 7.11 Å². The van der Waals surface area contributed by atoms with E-state index in [1.807, 2.05) is 54.6 Å². The molecule has 0 aliphatic carbocycles. The Kier molecular flexibility index (Phi) is 4.61. The standard InChI is InChI=1S/C21H18N2O4/c1-25-17-8-6-14(7-9-17)13-22-21(24)12-16-11-20(27-23-16)19-10-15-4-2-3-5-18(15)26-19/h2-11H,12-13H2,1H3,(H,22,24). The maximum absolute atomic E-state index is 12.2. The van der Waals surface area contributed by atoms with Crippen LogP contribution in [0.15, 0.2) is 69.6 Å². The molecule has 2 heterocycles. The molecule has 0 fully saturated rings. The summed E-state index contributed by atoms with van der Waals surface area (Å²) < 4.78 is 16.2. The van der Waals surface area contributed by atoms with E-state index >= 15 is 0 Å². The van der Waals surface area contributed by atoms with Crippen molar-refractivity contribution in [3.8, 4) is 17.3 Å². The zero-order valence-corrected chi connectivity index (χ0v) is 14.8. The van der Waals surface area contributed by atoms with Crippen LogP contribution in [0.2, 0.25) is 0 Å². The maximum atomic E-state index is 12.2. The van der Waals surface area contributed by atoms with E-state index in [-0.39, 0.29) is 12.3 Å². The average Bonchev–Trinajstić information content (AvgIpc) is 3.33. The third-order valence-electron chi connectivity index (χ3n) is 4.22. The van der Waals surface area contributed by atoms with Crippen molar-refractivity contribution < 1.29 is 18.5 Å². The summed E-state index contributed by atoms with van der Waals surface area (Å²) in [6, 6.07) is 18.9. The van der Waals surface area contributed by atoms with Gasteiger partial charge in [-0.2, -0.15) is 0 Å². The number of aromatic nitrogens is 1. The molecular formula is C21H18N2O4. The lowest BCUT2D eigenvalue weighted by atomic mass is 10.2. The number of ether oxygens (including phenoxy) is 1. The van der Waals surface area contributed by atoms with Crippen LogP contribution in [-0.2, 0) is 17.8 Å². The average molecular weight is 362 g/mol. The van der Waals surface area contributed by atoms with Crippen molar-refractivity contribution in [3.63, 3.8) is 0 Å². The largest absolute Gasteiger partial charge is 0.497 e. The van der Waals surface area contributed by atoms with Crippen LogP contribution in [0.3, 0.4) is 0 Å². The molecule has 0 saturated heterocycles. The summed E-state index contributed by atoms with van der Waals surface area (Å²) in [6.07, 6.45) is 0.139. The molecule has 2 aromatic heterocycles. The molecular weight excluding hydrogens is 344 g/mol. The molecule has 0 aliphatic rings. The highest BCUT2D eigenvalue weighted by Crippen LogP contribution is 2.28. The number of nitrogens with one attached hydrogen (secondary N) is 1. The molecule has 0 atom stereocenters. The molecule has 27 heavy (non-hydrogen) atoms. The number of rotatable bonds is 6. The van der Waals surface area contributed by atoms with E-state index in [4.69, 9.17) is 13.7 Å². The smallest absolute Gasteiger partial charge is 0.226 e. The minimum atomic E-state index is -0.129. The van der Waals surface area contributed by atoms with Gasteiger partial charge in [0.05, 0.1) is 19.2 Å². The summed E-state index contributed by atoms with van der Waals surface area (Å²) in [4.78, 5) is 12.2. The molecule has 4 aromatic rings. The Bertz CT molecular complexity index is 1030. The predicted molar refractivity (Wildman–Crippen MR) is 100 cm³/mol. The molecule has 0 unspecified atom stereocenters. The lowest BCUT2D eigenvalue weighted by molar-refractivity contribution is -0.120. The van der Waals surface area contributed by atoms with E-state index in [0.717, 1.165) is 22.3 Å². The first kappa shape index (κ1) is 16.9. The van der Waals surface area contributed by atoms with Gasteiger partial charge in [0.15, 0.2) is 5.76 Å². The second-order valence-corrected chi connectivity index (χ2v) is 6.13. The highest BCUT2D eigenvalue weighted by molar-refractivity contribution is 5.82. The van der Waals surface area contributed by atoms with E-state index in [2.05, 4.69) is 10.5 Å². The number of carbonyl (C=O) groups excluding carboxylic acids is 1. The molecule has 4 rings (SSSR count). The number of methoxy groups -OCH3 is 1. The van der Waals surface area contributed by atoms with E-state index in [1.54, 1.807) is 13.2 Å². The second-order valence-electron chi connectivity index (χ2n) is 6.13. The Morgan fingerprint density at radius 1 is 1.07 bits per heavy atom. The van der Waals surface area contributed by atoms with Crippen molar-refractivity contribution in [3.05, 3.63) is 71.9 Å². The van der Waals surface area contributed by atoms with Gasteiger partial charge in [-0.15, -0.1) is 0 Å². The normalized spacial score (nSPS) is 10.9. The van der Waals surface area contributed by atoms with Crippen LogP contribution in [0.25, 0.3) is 22.5 Å². The first-order chi connectivity index (χ1) is 13.2. The third kappa shape index (κ3) is 3.84. The second kappa shape index (κ2) is 7.37. The molecule has 0 saturated carbocycles. The van der Waals surface area contributed by atoms with Gasteiger partial charge in [-0.05, 0) is 29.8 Å². The summed E-state index contributed by atoms with van der Waals surface area (Å²) in [5.74, 6) is 1.75. The van der Waals surface area contributed by atoms with E-state index in [0.29, 0.717) is 23.8 Å². The zero-order valence-electron chi connectivity index (χ0n) is 14.8. The number of fused-ring (bicyclic) bond motifs is 1. The molecule has 2 aromatic carbocycles. The van der Waals surface area contributed by atoms with Crippen molar-refractivity contribution >= 4 is 16.9 Å². The molecule has 6 heteroatoms. The van der Waals surface area contributed by atoms with Gasteiger partial charge in [-0.3, -0.25) is 4.79 Å². The maximum Gasteiger partial charge on any atom is 0.226 e. The lowest BCUT2D eigenvalue weighted by Gasteiger charge is -2.05. The monoisotopic (exact) mass is 362 g/mol. The van der Waals surface area contributed by atoms with Crippen LogP contribution in [-0.4, -0.2) is 18.2 Å². The van der Waals surface area contributed by atoms with Crippen LogP contribution in [0.1, 0.15) is 11.3 Å². The van der Waals surface area contributed by atoms with Crippen molar-refractivity contribution in [1.29, 1.82) is 0 Å². The summed E-state index contributed by atoms with van der Waals surface area (Å²) in [7, 11) is 1.62. The molecule has 1 N–H and O–H groups in total. The van der Waals surface area contributed by atoms with Crippen molar-refractivity contribution in [2.45, 2.75) is 13.0 Å². The quantitative estimate of drug-likeness (QED) is 0.562. The first-order valence-electron chi connectivity index (χ1n) is 8.55. The van der Waals surface area contributed by atoms with Crippen LogP contribution in [0.4, 0.5) is 0 Å². The van der Waals surface area contributed by atoms with Gasteiger partial charge in [0.1, 0.15) is 11.3 Å². The fourth-order valence-corrected chi connectivity index (χ4v) is 2.79. The van der Waals surface area contributed by atoms with E-state index in [9.17, 15) is 4.79 Å². The lowest BCUT2D eigenvalue weighted by Crippen LogP contribution is -2.24. The number of para-hydroxylation sites is 1. The number of hydrogen-bond acceptors (Lipinski definition) is 5. The Morgan fingerprint density at radius 3 is 2.67 bits per heavy atom. The van der Waals surface area contributed by atoms with Crippen LogP contribution in [0.5, 0.6) is 5.75 Å². The molecule has 0 bridgehead atoms. The number of nitrogens with zero attached hydrogens (tertiary/aromatic N) is 1. The number of furan rings is 1. The summed E-state index contributed by atoms with van der Waals surface area (Å²) in [6.45, 7) is 0.442. The summed E-state index contributed by atoms with van der Waals surface area (Å²) in [5.41, 5.74) is 2.33. The minimum Gasteiger partial charge on any atom is -0.497 e. The van der Waals surface area contributed by atoms with Crippen molar-refractivity contribution in [1.82, 2.24) is 10.5 Å². The summed E-state index contributed by atoms with van der Waals surface area (Å²) >= 11 is 0. The fraction of sp³-hybridized carbons (Fsp3) is 0.143. The van der Waals surface area contributed by atoms with Gasteiger partial charge in [0, 0.05) is 18.0 Å². The van der Waals surface area contributed by atoms with E-state index in [1.165, 1.54) is 0 Å². The van der Waals surface area contributed by atoms with Gasteiger partial charge in [-0.1, -0.05) is 35.5 Å². The molecule has 0 aliphatic heterocycles. The van der Waals surface area contributed by atoms with Gasteiger partial charge >= 0.3 is 0 Å².